The van der Waals surface area contributed by atoms with Gasteiger partial charge >= 0.3 is 0 Å². The maximum Gasteiger partial charge on any atom is 0.115 e. The van der Waals surface area contributed by atoms with Crippen LogP contribution < -0.4 is 0 Å². The van der Waals surface area contributed by atoms with Crippen molar-refractivity contribution in [1.29, 1.82) is 0 Å². The minimum Gasteiger partial charge on any atom is -0.508 e. The van der Waals surface area contributed by atoms with Crippen LogP contribution in [-0.2, 0) is 16.8 Å². The molecule has 3 heteroatoms. The van der Waals surface area contributed by atoms with Crippen molar-refractivity contribution in [3.8, 4) is 5.75 Å². The van der Waals surface area contributed by atoms with Gasteiger partial charge in [-0.15, -0.1) is 12.4 Å². The molecular formula is C6H7ClCoO. The first-order valence-corrected chi connectivity index (χ1v) is 2.13. The molecule has 0 aromatic heterocycles. The SMILES string of the molecule is Cl.Oc1ccccc1.[Co]. The molecule has 1 rings (SSSR count). The number of para-hydroxylation sites is 1. The molecule has 0 atom stereocenters. The predicted molar refractivity (Wildman–Crippen MR) is 35.4 cm³/mol. The zero-order chi connectivity index (χ0) is 5.11. The van der Waals surface area contributed by atoms with Crippen molar-refractivity contribution in [2.75, 3.05) is 0 Å². The normalized spacial score (nSPS) is 6.67. The van der Waals surface area contributed by atoms with E-state index in [1.807, 2.05) is 6.07 Å². The van der Waals surface area contributed by atoms with E-state index >= 15 is 0 Å². The summed E-state index contributed by atoms with van der Waals surface area (Å²) in [6.45, 7) is 0. The molecule has 1 aromatic rings. The Labute approximate surface area is 70.7 Å². The van der Waals surface area contributed by atoms with Gasteiger partial charge in [0.1, 0.15) is 5.75 Å². The molecule has 0 aliphatic heterocycles. The summed E-state index contributed by atoms with van der Waals surface area (Å²) >= 11 is 0. The largest absolute Gasteiger partial charge is 0.508 e. The fourth-order valence-electron chi connectivity index (χ4n) is 0.428. The predicted octanol–water partition coefficient (Wildman–Crippen LogP) is 1.81. The number of halogens is 1. The molecule has 0 spiro atoms. The zero-order valence-corrected chi connectivity index (χ0v) is 6.43. The number of hydrogen-bond donors (Lipinski definition) is 1. The standard InChI is InChI=1S/C6H6O.ClH.Co/c7-6-4-2-1-3-5-6;;/h1-5,7H;1H;. The van der Waals surface area contributed by atoms with Gasteiger partial charge in [0.15, 0.2) is 0 Å². The van der Waals surface area contributed by atoms with Crippen LogP contribution in [0.3, 0.4) is 0 Å². The van der Waals surface area contributed by atoms with Crippen LogP contribution >= 0.6 is 12.4 Å². The van der Waals surface area contributed by atoms with Gasteiger partial charge < -0.3 is 5.11 Å². The Kier molecular flexibility index (Phi) is 7.66. The summed E-state index contributed by atoms with van der Waals surface area (Å²) in [7, 11) is 0. The number of benzene rings is 1. The Balaban J connectivity index is 0. The maximum atomic E-state index is 8.63. The Bertz CT molecular complexity index is 143. The summed E-state index contributed by atoms with van der Waals surface area (Å²) in [4.78, 5) is 0. The van der Waals surface area contributed by atoms with E-state index in [9.17, 15) is 0 Å². The Morgan fingerprint density at radius 3 is 1.67 bits per heavy atom. The van der Waals surface area contributed by atoms with Crippen molar-refractivity contribution in [2.24, 2.45) is 0 Å². The minimum absolute atomic E-state index is 0. The van der Waals surface area contributed by atoms with Gasteiger partial charge in [0.2, 0.25) is 0 Å². The van der Waals surface area contributed by atoms with E-state index in [-0.39, 0.29) is 29.2 Å². The third-order valence-corrected chi connectivity index (χ3v) is 0.756. The minimum atomic E-state index is 0. The first-order valence-electron chi connectivity index (χ1n) is 2.13. The molecule has 0 unspecified atom stereocenters. The van der Waals surface area contributed by atoms with Crippen LogP contribution in [0.2, 0.25) is 0 Å². The van der Waals surface area contributed by atoms with Crippen molar-refractivity contribution in [3.05, 3.63) is 30.3 Å². The third kappa shape index (κ3) is 4.33. The molecule has 0 amide bonds. The van der Waals surface area contributed by atoms with Crippen molar-refractivity contribution in [2.45, 2.75) is 0 Å². The Morgan fingerprint density at radius 2 is 1.44 bits per heavy atom. The maximum absolute atomic E-state index is 8.63. The number of aromatic hydroxyl groups is 1. The molecule has 53 valence electrons. The van der Waals surface area contributed by atoms with Gasteiger partial charge in [-0.2, -0.15) is 0 Å². The summed E-state index contributed by atoms with van der Waals surface area (Å²) in [5.74, 6) is 0.322. The number of phenols is 1. The van der Waals surface area contributed by atoms with E-state index in [4.69, 9.17) is 5.11 Å². The Hall–Kier alpha value is -0.184. The second-order valence-electron chi connectivity index (χ2n) is 1.34. The Morgan fingerprint density at radius 1 is 1.00 bits per heavy atom. The first kappa shape index (κ1) is 11.6. The summed E-state index contributed by atoms with van der Waals surface area (Å²) in [6.07, 6.45) is 0. The van der Waals surface area contributed by atoms with Gasteiger partial charge in [-0.1, -0.05) is 18.2 Å². The number of phenolic OH excluding ortho intramolecular Hbond substituents is 1. The molecule has 0 aliphatic rings. The third-order valence-electron chi connectivity index (χ3n) is 0.756. The van der Waals surface area contributed by atoms with Gasteiger partial charge in [-0.3, -0.25) is 0 Å². The summed E-state index contributed by atoms with van der Waals surface area (Å²) in [5, 5.41) is 8.63. The number of rotatable bonds is 0. The fraction of sp³-hybridized carbons (Fsp3) is 0. The molecule has 1 radical (unpaired) electrons. The van der Waals surface area contributed by atoms with Crippen LogP contribution in [0.4, 0.5) is 0 Å². The average Bonchev–Trinajstić information content (AvgIpc) is 1.69. The van der Waals surface area contributed by atoms with Crippen LogP contribution in [0.15, 0.2) is 30.3 Å². The topological polar surface area (TPSA) is 20.2 Å². The molecule has 1 nitrogen and oxygen atoms in total. The van der Waals surface area contributed by atoms with Crippen LogP contribution in [0, 0.1) is 0 Å². The fourth-order valence-corrected chi connectivity index (χ4v) is 0.428. The van der Waals surface area contributed by atoms with Gasteiger partial charge in [-0.25, -0.2) is 0 Å². The van der Waals surface area contributed by atoms with E-state index in [1.165, 1.54) is 0 Å². The van der Waals surface area contributed by atoms with E-state index in [0.717, 1.165) is 0 Å². The van der Waals surface area contributed by atoms with E-state index in [2.05, 4.69) is 0 Å². The number of hydrogen-bond acceptors (Lipinski definition) is 1. The van der Waals surface area contributed by atoms with Crippen LogP contribution in [-0.4, -0.2) is 5.11 Å². The molecule has 1 N–H and O–H groups in total. The van der Waals surface area contributed by atoms with Crippen molar-refractivity contribution in [3.63, 3.8) is 0 Å². The van der Waals surface area contributed by atoms with Gasteiger partial charge in [0.05, 0.1) is 0 Å². The van der Waals surface area contributed by atoms with Crippen molar-refractivity contribution >= 4 is 12.4 Å². The van der Waals surface area contributed by atoms with Gasteiger partial charge in [-0.05, 0) is 12.1 Å². The molecular weight excluding hydrogens is 182 g/mol. The molecule has 0 heterocycles. The van der Waals surface area contributed by atoms with E-state index in [1.54, 1.807) is 24.3 Å². The van der Waals surface area contributed by atoms with Crippen LogP contribution in [0.25, 0.3) is 0 Å². The molecule has 0 aliphatic carbocycles. The van der Waals surface area contributed by atoms with Crippen molar-refractivity contribution < 1.29 is 21.9 Å². The molecule has 0 bridgehead atoms. The summed E-state index contributed by atoms with van der Waals surface area (Å²) < 4.78 is 0. The first-order chi connectivity index (χ1) is 3.39. The second-order valence-corrected chi connectivity index (χ2v) is 1.34. The molecule has 0 fully saturated rings. The van der Waals surface area contributed by atoms with E-state index in [0.29, 0.717) is 5.75 Å². The van der Waals surface area contributed by atoms with Gasteiger partial charge in [0, 0.05) is 16.8 Å². The monoisotopic (exact) mass is 189 g/mol. The zero-order valence-electron chi connectivity index (χ0n) is 4.58. The second kappa shape index (κ2) is 5.94. The van der Waals surface area contributed by atoms with Crippen molar-refractivity contribution in [1.82, 2.24) is 0 Å². The van der Waals surface area contributed by atoms with Gasteiger partial charge in [0.25, 0.3) is 0 Å². The molecule has 0 saturated carbocycles. The van der Waals surface area contributed by atoms with Crippen LogP contribution in [0.1, 0.15) is 0 Å². The molecule has 9 heavy (non-hydrogen) atoms. The summed E-state index contributed by atoms with van der Waals surface area (Å²) in [6, 6.07) is 8.71. The van der Waals surface area contributed by atoms with E-state index < -0.39 is 0 Å². The summed E-state index contributed by atoms with van der Waals surface area (Å²) in [5.41, 5.74) is 0. The smallest absolute Gasteiger partial charge is 0.115 e. The van der Waals surface area contributed by atoms with Crippen LogP contribution in [0.5, 0.6) is 5.75 Å². The molecule has 1 aromatic carbocycles. The quantitative estimate of drug-likeness (QED) is 0.660. The average molecular weight is 190 g/mol. The molecule has 0 saturated heterocycles.